The number of carbonyl (C=O) groups excluding carboxylic acids is 1. The molecule has 2 rings (SSSR count). The number of nitrogens with one attached hydrogen (secondary N) is 2. The molecule has 0 aliphatic carbocycles. The molecule has 2 N–H and O–H groups in total. The van der Waals surface area contributed by atoms with Crippen molar-refractivity contribution in [3.8, 4) is 0 Å². The summed E-state index contributed by atoms with van der Waals surface area (Å²) in [6.45, 7) is 9.35. The van der Waals surface area contributed by atoms with E-state index in [1.807, 2.05) is 0 Å². The third-order valence-corrected chi connectivity index (χ3v) is 4.77. The first-order chi connectivity index (χ1) is 9.12. The van der Waals surface area contributed by atoms with Crippen molar-refractivity contribution in [1.82, 2.24) is 15.5 Å². The first-order valence-corrected chi connectivity index (χ1v) is 7.85. The molecule has 2 aliphatic heterocycles. The van der Waals surface area contributed by atoms with Gasteiger partial charge in [-0.25, -0.2) is 0 Å². The van der Waals surface area contributed by atoms with Gasteiger partial charge in [-0.1, -0.05) is 6.42 Å². The molecular weight excluding hydrogens is 238 g/mol. The van der Waals surface area contributed by atoms with Crippen LogP contribution in [0.1, 0.15) is 46.0 Å². The lowest BCUT2D eigenvalue weighted by Crippen LogP contribution is -2.42. The molecule has 0 aromatic carbocycles. The molecule has 0 aromatic rings. The van der Waals surface area contributed by atoms with E-state index in [-0.39, 0.29) is 11.3 Å². The van der Waals surface area contributed by atoms with Crippen molar-refractivity contribution >= 4 is 5.91 Å². The summed E-state index contributed by atoms with van der Waals surface area (Å²) in [6.07, 6.45) is 6.07. The quantitative estimate of drug-likeness (QED) is 0.739. The topological polar surface area (TPSA) is 44.4 Å². The Hall–Kier alpha value is -0.610. The van der Waals surface area contributed by atoms with E-state index in [1.165, 1.54) is 25.8 Å². The second-order valence-electron chi connectivity index (χ2n) is 6.48. The Balaban J connectivity index is 1.62. The molecule has 19 heavy (non-hydrogen) atoms. The first kappa shape index (κ1) is 14.8. The second kappa shape index (κ2) is 6.71. The van der Waals surface area contributed by atoms with E-state index in [0.29, 0.717) is 0 Å². The molecule has 2 heterocycles. The van der Waals surface area contributed by atoms with Crippen molar-refractivity contribution in [2.24, 2.45) is 5.41 Å². The van der Waals surface area contributed by atoms with Gasteiger partial charge in [0.2, 0.25) is 5.91 Å². The van der Waals surface area contributed by atoms with Crippen LogP contribution in [0.25, 0.3) is 0 Å². The van der Waals surface area contributed by atoms with E-state index in [9.17, 15) is 4.79 Å². The summed E-state index contributed by atoms with van der Waals surface area (Å²) >= 11 is 0. The van der Waals surface area contributed by atoms with Crippen LogP contribution in [0.5, 0.6) is 0 Å². The Morgan fingerprint density at radius 3 is 3.00 bits per heavy atom. The number of likely N-dealkylation sites (tertiary alicyclic amines) is 1. The molecule has 1 amide bonds. The van der Waals surface area contributed by atoms with E-state index in [4.69, 9.17) is 0 Å². The van der Waals surface area contributed by atoms with Crippen LogP contribution in [0, 0.1) is 5.41 Å². The molecule has 0 spiro atoms. The van der Waals surface area contributed by atoms with Gasteiger partial charge in [-0.05, 0) is 52.6 Å². The summed E-state index contributed by atoms with van der Waals surface area (Å²) in [4.78, 5) is 14.7. The summed E-state index contributed by atoms with van der Waals surface area (Å²) < 4.78 is 0. The minimum Gasteiger partial charge on any atom is -0.356 e. The molecule has 0 radical (unpaired) electrons. The van der Waals surface area contributed by atoms with E-state index >= 15 is 0 Å². The average Bonchev–Trinajstić information content (AvgIpc) is 2.84. The van der Waals surface area contributed by atoms with E-state index in [1.54, 1.807) is 0 Å². The molecule has 2 aliphatic rings. The summed E-state index contributed by atoms with van der Waals surface area (Å²) in [5.74, 6) is 0.226. The zero-order valence-corrected chi connectivity index (χ0v) is 12.5. The van der Waals surface area contributed by atoms with Crippen LogP contribution in [-0.2, 0) is 4.79 Å². The maximum absolute atomic E-state index is 12.1. The molecular formula is C15H29N3O. The molecule has 4 heteroatoms. The van der Waals surface area contributed by atoms with Gasteiger partial charge in [-0.2, -0.15) is 0 Å². The molecule has 4 nitrogen and oxygen atoms in total. The normalized spacial score (nSPS) is 32.4. The highest BCUT2D eigenvalue weighted by atomic mass is 16.2. The Morgan fingerprint density at radius 1 is 1.47 bits per heavy atom. The van der Waals surface area contributed by atoms with Crippen LogP contribution in [0.3, 0.4) is 0 Å². The zero-order chi connectivity index (χ0) is 13.7. The first-order valence-electron chi connectivity index (χ1n) is 7.85. The van der Waals surface area contributed by atoms with Gasteiger partial charge in [-0.15, -0.1) is 0 Å². The molecule has 2 atom stereocenters. The van der Waals surface area contributed by atoms with Gasteiger partial charge in [0.15, 0.2) is 0 Å². The lowest BCUT2D eigenvalue weighted by atomic mass is 9.89. The smallest absolute Gasteiger partial charge is 0.227 e. The number of piperidine rings is 1. The van der Waals surface area contributed by atoms with Gasteiger partial charge in [0.05, 0.1) is 5.41 Å². The largest absolute Gasteiger partial charge is 0.356 e. The summed E-state index contributed by atoms with van der Waals surface area (Å²) in [7, 11) is 0. The van der Waals surface area contributed by atoms with Crippen molar-refractivity contribution in [1.29, 1.82) is 0 Å². The third kappa shape index (κ3) is 3.93. The highest BCUT2D eigenvalue weighted by Crippen LogP contribution is 2.24. The average molecular weight is 267 g/mol. The van der Waals surface area contributed by atoms with Crippen molar-refractivity contribution in [2.75, 3.05) is 32.7 Å². The molecule has 0 saturated carbocycles. The van der Waals surface area contributed by atoms with E-state index in [2.05, 4.69) is 29.4 Å². The zero-order valence-electron chi connectivity index (χ0n) is 12.5. The summed E-state index contributed by atoms with van der Waals surface area (Å²) in [5, 5.41) is 6.39. The van der Waals surface area contributed by atoms with Crippen LogP contribution >= 0.6 is 0 Å². The fourth-order valence-corrected chi connectivity index (χ4v) is 3.20. The fraction of sp³-hybridized carbons (Fsp3) is 0.933. The van der Waals surface area contributed by atoms with Gasteiger partial charge >= 0.3 is 0 Å². The Labute approximate surface area is 117 Å². The fourth-order valence-electron chi connectivity index (χ4n) is 3.20. The van der Waals surface area contributed by atoms with Gasteiger partial charge in [-0.3, -0.25) is 4.79 Å². The van der Waals surface area contributed by atoms with Crippen LogP contribution in [0.4, 0.5) is 0 Å². The summed E-state index contributed by atoms with van der Waals surface area (Å²) in [5.41, 5.74) is -0.182. The van der Waals surface area contributed by atoms with Crippen LogP contribution < -0.4 is 10.6 Å². The number of carbonyl (C=O) groups is 1. The van der Waals surface area contributed by atoms with Crippen molar-refractivity contribution in [2.45, 2.75) is 52.0 Å². The Kier molecular flexibility index (Phi) is 5.22. The van der Waals surface area contributed by atoms with Crippen LogP contribution in [0.2, 0.25) is 0 Å². The standard InChI is InChI=1S/C15H29N3O/c1-13-6-3-4-10-18(13)11-5-8-17-14(19)15(2)7-9-16-12-15/h13,16H,3-12H2,1-2H3,(H,17,19). The van der Waals surface area contributed by atoms with Gasteiger partial charge in [0.1, 0.15) is 0 Å². The number of rotatable bonds is 5. The summed E-state index contributed by atoms with van der Waals surface area (Å²) in [6, 6.07) is 0.723. The molecule has 2 saturated heterocycles. The minimum absolute atomic E-state index is 0.182. The number of hydrogen-bond donors (Lipinski definition) is 2. The Morgan fingerprint density at radius 2 is 2.32 bits per heavy atom. The Bertz CT molecular complexity index is 300. The van der Waals surface area contributed by atoms with Gasteiger partial charge < -0.3 is 15.5 Å². The van der Waals surface area contributed by atoms with Crippen molar-refractivity contribution < 1.29 is 4.79 Å². The van der Waals surface area contributed by atoms with Crippen molar-refractivity contribution in [3.63, 3.8) is 0 Å². The van der Waals surface area contributed by atoms with Crippen LogP contribution in [0.15, 0.2) is 0 Å². The minimum atomic E-state index is -0.182. The molecule has 0 bridgehead atoms. The predicted octanol–water partition coefficient (Wildman–Crippen LogP) is 1.37. The van der Waals surface area contributed by atoms with Gasteiger partial charge in [0.25, 0.3) is 0 Å². The number of nitrogens with zero attached hydrogens (tertiary/aromatic N) is 1. The van der Waals surface area contributed by atoms with E-state index < -0.39 is 0 Å². The van der Waals surface area contributed by atoms with Crippen molar-refractivity contribution in [3.05, 3.63) is 0 Å². The monoisotopic (exact) mass is 267 g/mol. The van der Waals surface area contributed by atoms with Crippen LogP contribution in [-0.4, -0.2) is 49.6 Å². The maximum atomic E-state index is 12.1. The third-order valence-electron chi connectivity index (χ3n) is 4.77. The lowest BCUT2D eigenvalue weighted by molar-refractivity contribution is -0.129. The predicted molar refractivity (Wildman–Crippen MR) is 78.1 cm³/mol. The highest BCUT2D eigenvalue weighted by molar-refractivity contribution is 5.82. The van der Waals surface area contributed by atoms with E-state index in [0.717, 1.165) is 45.1 Å². The second-order valence-corrected chi connectivity index (χ2v) is 6.48. The maximum Gasteiger partial charge on any atom is 0.227 e. The SMILES string of the molecule is CC1CCCCN1CCCNC(=O)C1(C)CCNC1. The number of amides is 1. The number of hydrogen-bond acceptors (Lipinski definition) is 3. The molecule has 110 valence electrons. The molecule has 2 unspecified atom stereocenters. The molecule has 0 aromatic heterocycles. The molecule has 2 fully saturated rings. The van der Waals surface area contributed by atoms with Gasteiger partial charge in [0, 0.05) is 25.7 Å². The lowest BCUT2D eigenvalue weighted by Gasteiger charge is -2.33. The highest BCUT2D eigenvalue weighted by Gasteiger charge is 2.35.